The molecule has 0 saturated heterocycles. The summed E-state index contributed by atoms with van der Waals surface area (Å²) in [6.45, 7) is 2.98. The number of benzene rings is 2. The van der Waals surface area contributed by atoms with Crippen LogP contribution in [0, 0.1) is 0 Å². The molecule has 3 nitrogen and oxygen atoms in total. The van der Waals surface area contributed by atoms with E-state index < -0.39 is 0 Å². The second kappa shape index (κ2) is 7.04. The Hall–Kier alpha value is -2.13. The number of esters is 1. The summed E-state index contributed by atoms with van der Waals surface area (Å²) in [6.07, 6.45) is 0. The standard InChI is InChI=1S/C18H21NO2/c1-4-21-18(20)15-10-11-17(14-8-6-5-7-9-14)16(12-15)13-19(2)3/h5-12H,4,13H2,1-3H3. The van der Waals surface area contributed by atoms with Gasteiger partial charge in [0.1, 0.15) is 0 Å². The van der Waals surface area contributed by atoms with E-state index in [2.05, 4.69) is 17.0 Å². The van der Waals surface area contributed by atoms with Gasteiger partial charge in [0.25, 0.3) is 0 Å². The van der Waals surface area contributed by atoms with Crippen molar-refractivity contribution in [2.75, 3.05) is 20.7 Å². The molecular weight excluding hydrogens is 262 g/mol. The molecule has 2 aromatic rings. The molecule has 2 rings (SSSR count). The number of hydrogen-bond donors (Lipinski definition) is 0. The van der Waals surface area contributed by atoms with E-state index in [9.17, 15) is 4.79 Å². The third-order valence-corrected chi connectivity index (χ3v) is 3.19. The first-order chi connectivity index (χ1) is 10.1. The fourth-order valence-electron chi connectivity index (χ4n) is 2.31. The van der Waals surface area contributed by atoms with Gasteiger partial charge in [-0.25, -0.2) is 4.79 Å². The van der Waals surface area contributed by atoms with Crippen LogP contribution in [-0.2, 0) is 11.3 Å². The fraction of sp³-hybridized carbons (Fsp3) is 0.278. The molecule has 0 fully saturated rings. The van der Waals surface area contributed by atoms with E-state index in [0.717, 1.165) is 23.2 Å². The van der Waals surface area contributed by atoms with Gasteiger partial charge >= 0.3 is 5.97 Å². The molecule has 0 aliphatic heterocycles. The minimum absolute atomic E-state index is 0.267. The molecule has 0 spiro atoms. The molecule has 110 valence electrons. The minimum Gasteiger partial charge on any atom is -0.462 e. The molecule has 0 heterocycles. The lowest BCUT2D eigenvalue weighted by atomic mass is 9.97. The third-order valence-electron chi connectivity index (χ3n) is 3.19. The smallest absolute Gasteiger partial charge is 0.338 e. The Labute approximate surface area is 126 Å². The van der Waals surface area contributed by atoms with Crippen LogP contribution in [0.4, 0.5) is 0 Å². The van der Waals surface area contributed by atoms with Crippen molar-refractivity contribution in [3.05, 3.63) is 59.7 Å². The molecule has 0 unspecified atom stereocenters. The van der Waals surface area contributed by atoms with E-state index >= 15 is 0 Å². The fourth-order valence-corrected chi connectivity index (χ4v) is 2.31. The van der Waals surface area contributed by atoms with Crippen LogP contribution in [0.1, 0.15) is 22.8 Å². The number of rotatable bonds is 5. The van der Waals surface area contributed by atoms with Crippen LogP contribution < -0.4 is 0 Å². The van der Waals surface area contributed by atoms with Crippen molar-refractivity contribution in [1.82, 2.24) is 4.90 Å². The van der Waals surface area contributed by atoms with E-state index in [1.807, 2.05) is 57.4 Å². The molecule has 0 aromatic heterocycles. The maximum absolute atomic E-state index is 11.9. The summed E-state index contributed by atoms with van der Waals surface area (Å²) >= 11 is 0. The second-order valence-electron chi connectivity index (χ2n) is 5.20. The normalized spacial score (nSPS) is 10.7. The van der Waals surface area contributed by atoms with Crippen molar-refractivity contribution in [2.45, 2.75) is 13.5 Å². The molecular formula is C18H21NO2. The molecule has 0 amide bonds. The number of nitrogens with zero attached hydrogens (tertiary/aromatic N) is 1. The Bertz CT molecular complexity index is 606. The average molecular weight is 283 g/mol. The van der Waals surface area contributed by atoms with Crippen molar-refractivity contribution >= 4 is 5.97 Å². The van der Waals surface area contributed by atoms with Gasteiger partial charge in [-0.05, 0) is 49.8 Å². The molecule has 3 heteroatoms. The zero-order chi connectivity index (χ0) is 15.2. The van der Waals surface area contributed by atoms with Crippen LogP contribution in [0.25, 0.3) is 11.1 Å². The zero-order valence-corrected chi connectivity index (χ0v) is 12.8. The maximum Gasteiger partial charge on any atom is 0.338 e. The highest BCUT2D eigenvalue weighted by Crippen LogP contribution is 2.25. The van der Waals surface area contributed by atoms with Crippen LogP contribution in [0.5, 0.6) is 0 Å². The molecule has 0 radical (unpaired) electrons. The molecule has 0 saturated carbocycles. The van der Waals surface area contributed by atoms with E-state index in [4.69, 9.17) is 4.74 Å². The molecule has 0 N–H and O–H groups in total. The maximum atomic E-state index is 11.9. The second-order valence-corrected chi connectivity index (χ2v) is 5.20. The lowest BCUT2D eigenvalue weighted by Crippen LogP contribution is -2.13. The topological polar surface area (TPSA) is 29.5 Å². The minimum atomic E-state index is -0.267. The SMILES string of the molecule is CCOC(=O)c1ccc(-c2ccccc2)c(CN(C)C)c1. The first kappa shape index (κ1) is 15.3. The van der Waals surface area contributed by atoms with Gasteiger partial charge in [0, 0.05) is 6.54 Å². The Morgan fingerprint density at radius 2 is 1.81 bits per heavy atom. The lowest BCUT2D eigenvalue weighted by Gasteiger charge is -2.16. The molecule has 0 aliphatic rings. The average Bonchev–Trinajstić information content (AvgIpc) is 2.47. The molecule has 2 aromatic carbocycles. The van der Waals surface area contributed by atoms with E-state index in [1.165, 1.54) is 0 Å². The quantitative estimate of drug-likeness (QED) is 0.785. The summed E-state index contributed by atoms with van der Waals surface area (Å²) in [6, 6.07) is 16.0. The lowest BCUT2D eigenvalue weighted by molar-refractivity contribution is 0.0526. The van der Waals surface area contributed by atoms with Gasteiger partial charge < -0.3 is 9.64 Å². The Morgan fingerprint density at radius 1 is 1.10 bits per heavy atom. The Kier molecular flexibility index (Phi) is 5.12. The van der Waals surface area contributed by atoms with Crippen molar-refractivity contribution in [1.29, 1.82) is 0 Å². The monoisotopic (exact) mass is 283 g/mol. The highest BCUT2D eigenvalue weighted by Gasteiger charge is 2.12. The largest absolute Gasteiger partial charge is 0.462 e. The summed E-state index contributed by atoms with van der Waals surface area (Å²) in [4.78, 5) is 14.0. The number of hydrogen-bond acceptors (Lipinski definition) is 3. The summed E-state index contributed by atoms with van der Waals surface area (Å²) in [5, 5.41) is 0. The first-order valence-corrected chi connectivity index (χ1v) is 7.12. The number of ether oxygens (including phenoxy) is 1. The van der Waals surface area contributed by atoms with E-state index in [1.54, 1.807) is 0 Å². The molecule has 0 bridgehead atoms. The first-order valence-electron chi connectivity index (χ1n) is 7.12. The number of carbonyl (C=O) groups excluding carboxylic acids is 1. The van der Waals surface area contributed by atoms with E-state index in [-0.39, 0.29) is 5.97 Å². The van der Waals surface area contributed by atoms with Crippen LogP contribution >= 0.6 is 0 Å². The van der Waals surface area contributed by atoms with Crippen LogP contribution in [0.3, 0.4) is 0 Å². The van der Waals surface area contributed by atoms with Gasteiger partial charge in [-0.15, -0.1) is 0 Å². The van der Waals surface area contributed by atoms with Crippen molar-refractivity contribution in [2.24, 2.45) is 0 Å². The summed E-state index contributed by atoms with van der Waals surface area (Å²) < 4.78 is 5.08. The zero-order valence-electron chi connectivity index (χ0n) is 12.8. The van der Waals surface area contributed by atoms with Gasteiger partial charge in [-0.3, -0.25) is 0 Å². The number of carbonyl (C=O) groups is 1. The molecule has 0 aliphatic carbocycles. The Morgan fingerprint density at radius 3 is 2.43 bits per heavy atom. The molecule has 0 atom stereocenters. The summed E-state index contributed by atoms with van der Waals surface area (Å²) in [5.74, 6) is -0.267. The highest BCUT2D eigenvalue weighted by atomic mass is 16.5. The van der Waals surface area contributed by atoms with Gasteiger partial charge in [-0.1, -0.05) is 36.4 Å². The van der Waals surface area contributed by atoms with Gasteiger partial charge in [0.05, 0.1) is 12.2 Å². The Balaban J connectivity index is 2.43. The van der Waals surface area contributed by atoms with Crippen molar-refractivity contribution in [3.63, 3.8) is 0 Å². The highest BCUT2D eigenvalue weighted by molar-refractivity contribution is 5.90. The molecule has 21 heavy (non-hydrogen) atoms. The van der Waals surface area contributed by atoms with Crippen LogP contribution in [0.15, 0.2) is 48.5 Å². The van der Waals surface area contributed by atoms with Crippen molar-refractivity contribution in [3.8, 4) is 11.1 Å². The summed E-state index contributed by atoms with van der Waals surface area (Å²) in [5.41, 5.74) is 4.03. The third kappa shape index (κ3) is 3.92. The van der Waals surface area contributed by atoms with E-state index in [0.29, 0.717) is 12.2 Å². The van der Waals surface area contributed by atoms with Gasteiger partial charge in [0.15, 0.2) is 0 Å². The van der Waals surface area contributed by atoms with Crippen molar-refractivity contribution < 1.29 is 9.53 Å². The predicted molar refractivity (Wildman–Crippen MR) is 85.2 cm³/mol. The van der Waals surface area contributed by atoms with Crippen LogP contribution in [0.2, 0.25) is 0 Å². The van der Waals surface area contributed by atoms with Gasteiger partial charge in [0.2, 0.25) is 0 Å². The van der Waals surface area contributed by atoms with Crippen LogP contribution in [-0.4, -0.2) is 31.6 Å². The van der Waals surface area contributed by atoms with Gasteiger partial charge in [-0.2, -0.15) is 0 Å². The summed E-state index contributed by atoms with van der Waals surface area (Å²) in [7, 11) is 4.04. The predicted octanol–water partition coefficient (Wildman–Crippen LogP) is 3.59.